The molecule has 1 aromatic carbocycles. The van der Waals surface area contributed by atoms with E-state index in [9.17, 15) is 4.79 Å². The van der Waals surface area contributed by atoms with Gasteiger partial charge in [-0.05, 0) is 12.0 Å². The number of amides is 1. The molecule has 0 radical (unpaired) electrons. The van der Waals surface area contributed by atoms with Crippen molar-refractivity contribution in [1.29, 1.82) is 0 Å². The monoisotopic (exact) mass is 215 g/mol. The number of nitrogens with zero attached hydrogens (tertiary/aromatic N) is 1. The summed E-state index contributed by atoms with van der Waals surface area (Å²) in [6.45, 7) is 3.79. The summed E-state index contributed by atoms with van der Waals surface area (Å²) >= 11 is 0. The lowest BCUT2D eigenvalue weighted by Crippen LogP contribution is -2.27. The quantitative estimate of drug-likeness (QED) is 0.756. The van der Waals surface area contributed by atoms with Crippen molar-refractivity contribution in [3.05, 3.63) is 42.0 Å². The van der Waals surface area contributed by atoms with Crippen LogP contribution in [-0.2, 0) is 4.79 Å². The maximum absolute atomic E-state index is 12.1. The molecule has 2 nitrogen and oxygen atoms in total. The van der Waals surface area contributed by atoms with Crippen LogP contribution in [0.5, 0.6) is 0 Å². The van der Waals surface area contributed by atoms with E-state index in [1.807, 2.05) is 41.3 Å². The van der Waals surface area contributed by atoms with Crippen molar-refractivity contribution in [2.45, 2.75) is 19.8 Å². The van der Waals surface area contributed by atoms with Gasteiger partial charge >= 0.3 is 0 Å². The van der Waals surface area contributed by atoms with Gasteiger partial charge in [0, 0.05) is 18.7 Å². The second-order valence-electron chi connectivity index (χ2n) is 4.09. The zero-order valence-electron chi connectivity index (χ0n) is 9.65. The minimum atomic E-state index is 0.180. The van der Waals surface area contributed by atoms with Crippen molar-refractivity contribution >= 4 is 11.5 Å². The Labute approximate surface area is 96.6 Å². The largest absolute Gasteiger partial charge is 0.335 e. The molecule has 0 atom stereocenters. The van der Waals surface area contributed by atoms with E-state index in [2.05, 4.69) is 6.92 Å². The first kappa shape index (κ1) is 10.9. The Hall–Kier alpha value is -1.57. The second-order valence-corrected chi connectivity index (χ2v) is 4.09. The molecule has 0 N–H and O–H groups in total. The van der Waals surface area contributed by atoms with Gasteiger partial charge in [0.05, 0.1) is 0 Å². The SMILES string of the molecule is CCCCN1CC=C(c2ccccc2)C1=O. The number of benzene rings is 1. The van der Waals surface area contributed by atoms with Crippen LogP contribution in [0.3, 0.4) is 0 Å². The number of carbonyl (C=O) groups excluding carboxylic acids is 1. The molecule has 1 amide bonds. The summed E-state index contributed by atoms with van der Waals surface area (Å²) in [6, 6.07) is 9.90. The standard InChI is InChI=1S/C14H17NO/c1-2-3-10-15-11-9-13(14(15)16)12-7-5-4-6-8-12/h4-9H,2-3,10-11H2,1H3. The van der Waals surface area contributed by atoms with E-state index in [0.717, 1.165) is 37.1 Å². The molecule has 1 aliphatic rings. The molecule has 0 fully saturated rings. The van der Waals surface area contributed by atoms with Crippen LogP contribution < -0.4 is 0 Å². The van der Waals surface area contributed by atoms with E-state index in [4.69, 9.17) is 0 Å². The Balaban J connectivity index is 2.07. The van der Waals surface area contributed by atoms with Gasteiger partial charge in [0.2, 0.25) is 0 Å². The van der Waals surface area contributed by atoms with E-state index in [-0.39, 0.29) is 5.91 Å². The highest BCUT2D eigenvalue weighted by molar-refractivity contribution is 6.21. The van der Waals surface area contributed by atoms with Crippen LogP contribution in [0.15, 0.2) is 36.4 Å². The number of unbranched alkanes of at least 4 members (excludes halogenated alkanes) is 1. The molecule has 0 saturated carbocycles. The maximum atomic E-state index is 12.1. The third kappa shape index (κ3) is 2.16. The number of hydrogen-bond acceptors (Lipinski definition) is 1. The Bertz CT molecular complexity index is 394. The lowest BCUT2D eigenvalue weighted by atomic mass is 10.1. The number of hydrogen-bond donors (Lipinski definition) is 0. The smallest absolute Gasteiger partial charge is 0.254 e. The summed E-state index contributed by atoms with van der Waals surface area (Å²) in [5, 5.41) is 0. The second kappa shape index (κ2) is 4.97. The predicted octanol–water partition coefficient (Wildman–Crippen LogP) is 2.71. The lowest BCUT2D eigenvalue weighted by molar-refractivity contribution is -0.123. The Morgan fingerprint density at radius 1 is 1.25 bits per heavy atom. The fourth-order valence-corrected chi connectivity index (χ4v) is 1.94. The van der Waals surface area contributed by atoms with E-state index in [1.54, 1.807) is 0 Å². The Morgan fingerprint density at radius 2 is 2.00 bits per heavy atom. The maximum Gasteiger partial charge on any atom is 0.254 e. The summed E-state index contributed by atoms with van der Waals surface area (Å²) in [6.07, 6.45) is 4.25. The summed E-state index contributed by atoms with van der Waals surface area (Å²) < 4.78 is 0. The van der Waals surface area contributed by atoms with Crippen molar-refractivity contribution in [1.82, 2.24) is 4.90 Å². The fourth-order valence-electron chi connectivity index (χ4n) is 1.94. The molecule has 2 rings (SSSR count). The molecule has 0 saturated heterocycles. The van der Waals surface area contributed by atoms with Crippen LogP contribution in [0.4, 0.5) is 0 Å². The van der Waals surface area contributed by atoms with E-state index >= 15 is 0 Å². The molecular weight excluding hydrogens is 198 g/mol. The van der Waals surface area contributed by atoms with Crippen LogP contribution in [0.2, 0.25) is 0 Å². The fraction of sp³-hybridized carbons (Fsp3) is 0.357. The molecule has 84 valence electrons. The van der Waals surface area contributed by atoms with Crippen molar-refractivity contribution in [2.24, 2.45) is 0 Å². The van der Waals surface area contributed by atoms with Crippen LogP contribution in [0.25, 0.3) is 5.57 Å². The molecule has 16 heavy (non-hydrogen) atoms. The first-order valence-electron chi connectivity index (χ1n) is 5.87. The summed E-state index contributed by atoms with van der Waals surface area (Å²) in [7, 11) is 0. The molecule has 1 aromatic rings. The van der Waals surface area contributed by atoms with Crippen molar-refractivity contribution in [3.8, 4) is 0 Å². The Morgan fingerprint density at radius 3 is 2.69 bits per heavy atom. The molecule has 1 aliphatic heterocycles. The lowest BCUT2D eigenvalue weighted by Gasteiger charge is -2.15. The zero-order chi connectivity index (χ0) is 11.4. The number of rotatable bonds is 4. The molecule has 1 heterocycles. The van der Waals surface area contributed by atoms with Gasteiger partial charge < -0.3 is 4.90 Å². The van der Waals surface area contributed by atoms with Gasteiger partial charge in [0.15, 0.2) is 0 Å². The molecule has 0 bridgehead atoms. The van der Waals surface area contributed by atoms with Gasteiger partial charge in [-0.2, -0.15) is 0 Å². The van der Waals surface area contributed by atoms with Crippen molar-refractivity contribution in [3.63, 3.8) is 0 Å². The highest BCUT2D eigenvalue weighted by Crippen LogP contribution is 2.22. The molecular formula is C14H17NO. The summed E-state index contributed by atoms with van der Waals surface area (Å²) in [5.74, 6) is 0.180. The third-order valence-electron chi connectivity index (χ3n) is 2.90. The van der Waals surface area contributed by atoms with Crippen LogP contribution in [-0.4, -0.2) is 23.9 Å². The molecule has 0 spiro atoms. The van der Waals surface area contributed by atoms with Crippen LogP contribution in [0, 0.1) is 0 Å². The highest BCUT2D eigenvalue weighted by Gasteiger charge is 2.23. The minimum absolute atomic E-state index is 0.180. The van der Waals surface area contributed by atoms with Crippen LogP contribution >= 0.6 is 0 Å². The molecule has 0 unspecified atom stereocenters. The van der Waals surface area contributed by atoms with Gasteiger partial charge in [-0.25, -0.2) is 0 Å². The Kier molecular flexibility index (Phi) is 3.40. The first-order valence-corrected chi connectivity index (χ1v) is 5.87. The van der Waals surface area contributed by atoms with E-state index in [1.165, 1.54) is 0 Å². The van der Waals surface area contributed by atoms with Crippen molar-refractivity contribution in [2.75, 3.05) is 13.1 Å². The summed E-state index contributed by atoms with van der Waals surface area (Å²) in [4.78, 5) is 14.0. The molecule has 0 aliphatic carbocycles. The zero-order valence-corrected chi connectivity index (χ0v) is 9.65. The third-order valence-corrected chi connectivity index (χ3v) is 2.90. The molecule has 0 aromatic heterocycles. The van der Waals surface area contributed by atoms with Gasteiger partial charge in [-0.3, -0.25) is 4.79 Å². The van der Waals surface area contributed by atoms with Gasteiger partial charge in [0.25, 0.3) is 5.91 Å². The van der Waals surface area contributed by atoms with Gasteiger partial charge in [-0.1, -0.05) is 49.8 Å². The minimum Gasteiger partial charge on any atom is -0.335 e. The highest BCUT2D eigenvalue weighted by atomic mass is 16.2. The van der Waals surface area contributed by atoms with Gasteiger partial charge in [0.1, 0.15) is 0 Å². The number of carbonyl (C=O) groups is 1. The topological polar surface area (TPSA) is 20.3 Å². The first-order chi connectivity index (χ1) is 7.83. The van der Waals surface area contributed by atoms with E-state index < -0.39 is 0 Å². The van der Waals surface area contributed by atoms with E-state index in [0.29, 0.717) is 0 Å². The van der Waals surface area contributed by atoms with Crippen LogP contribution in [0.1, 0.15) is 25.3 Å². The van der Waals surface area contributed by atoms with Gasteiger partial charge in [-0.15, -0.1) is 0 Å². The normalized spacial score (nSPS) is 15.4. The molecule has 2 heteroatoms. The summed E-state index contributed by atoms with van der Waals surface area (Å²) in [5.41, 5.74) is 1.89. The average molecular weight is 215 g/mol. The average Bonchev–Trinajstić information content (AvgIpc) is 2.69. The predicted molar refractivity (Wildman–Crippen MR) is 65.9 cm³/mol. The van der Waals surface area contributed by atoms with Crippen molar-refractivity contribution < 1.29 is 4.79 Å².